The summed E-state index contributed by atoms with van der Waals surface area (Å²) in [5.74, 6) is 1.66. The number of benzene rings is 3. The number of fused-ring (bicyclic) bond motifs is 1. The molecule has 166 valence electrons. The zero-order valence-corrected chi connectivity index (χ0v) is 18.5. The predicted molar refractivity (Wildman–Crippen MR) is 124 cm³/mol. The molecule has 5 nitrogen and oxygen atoms in total. The van der Waals surface area contributed by atoms with Gasteiger partial charge in [0.25, 0.3) is 0 Å². The minimum absolute atomic E-state index is 0.160. The summed E-state index contributed by atoms with van der Waals surface area (Å²) in [4.78, 5) is 2.33. The highest BCUT2D eigenvalue weighted by atomic mass is 16.5. The molecule has 2 heterocycles. The first-order valence-corrected chi connectivity index (χ1v) is 11.2. The van der Waals surface area contributed by atoms with Gasteiger partial charge in [0.2, 0.25) is 0 Å². The minimum Gasteiger partial charge on any atom is -0.497 e. The Morgan fingerprint density at radius 2 is 1.59 bits per heavy atom. The third-order valence-electron chi connectivity index (χ3n) is 6.48. The van der Waals surface area contributed by atoms with E-state index in [-0.39, 0.29) is 6.04 Å². The highest BCUT2D eigenvalue weighted by Crippen LogP contribution is 2.45. The molecule has 0 saturated carbocycles. The maximum Gasteiger partial charge on any atom is 0.151 e. The van der Waals surface area contributed by atoms with Gasteiger partial charge < -0.3 is 19.3 Å². The fourth-order valence-electron chi connectivity index (χ4n) is 4.70. The van der Waals surface area contributed by atoms with E-state index in [0.717, 1.165) is 46.8 Å². The lowest BCUT2D eigenvalue weighted by molar-refractivity contribution is -0.0740. The van der Waals surface area contributed by atoms with Crippen molar-refractivity contribution in [3.8, 4) is 22.6 Å². The number of methoxy groups -OCH3 is 1. The number of ether oxygens (including phenoxy) is 3. The number of rotatable bonds is 4. The van der Waals surface area contributed by atoms with Gasteiger partial charge in [0.15, 0.2) is 6.10 Å². The molecule has 32 heavy (non-hydrogen) atoms. The summed E-state index contributed by atoms with van der Waals surface area (Å²) < 4.78 is 17.3. The Kier molecular flexibility index (Phi) is 5.87. The van der Waals surface area contributed by atoms with Crippen molar-refractivity contribution >= 4 is 0 Å². The quantitative estimate of drug-likeness (QED) is 0.657. The summed E-state index contributed by atoms with van der Waals surface area (Å²) >= 11 is 0. The van der Waals surface area contributed by atoms with E-state index < -0.39 is 12.2 Å². The molecule has 5 rings (SSSR count). The molecule has 1 N–H and O–H groups in total. The number of aryl methyl sites for hydroxylation is 1. The SMILES string of the molecule is COc1ccc(-c2ccc3c(c2)[C@H](N2CCOCC2)[C@H](O)[C@@H](c2ccc(C)cc2)O3)cc1. The highest BCUT2D eigenvalue weighted by molar-refractivity contribution is 5.67. The van der Waals surface area contributed by atoms with Gasteiger partial charge in [-0.25, -0.2) is 0 Å². The molecule has 3 atom stereocenters. The van der Waals surface area contributed by atoms with Gasteiger partial charge in [0.05, 0.1) is 26.4 Å². The van der Waals surface area contributed by atoms with Crippen LogP contribution in [0.25, 0.3) is 11.1 Å². The molecule has 0 aliphatic carbocycles. The Bertz CT molecular complexity index is 1060. The zero-order chi connectivity index (χ0) is 22.1. The normalized spacial score (nSPS) is 23.3. The monoisotopic (exact) mass is 431 g/mol. The molecule has 0 amide bonds. The summed E-state index contributed by atoms with van der Waals surface area (Å²) in [6.45, 7) is 4.98. The van der Waals surface area contributed by atoms with Crippen LogP contribution in [-0.4, -0.2) is 49.5 Å². The van der Waals surface area contributed by atoms with Gasteiger partial charge in [-0.15, -0.1) is 0 Å². The van der Waals surface area contributed by atoms with E-state index in [2.05, 4.69) is 60.4 Å². The van der Waals surface area contributed by atoms with Crippen LogP contribution in [0.15, 0.2) is 66.7 Å². The highest BCUT2D eigenvalue weighted by Gasteiger charge is 2.41. The molecule has 0 unspecified atom stereocenters. The van der Waals surface area contributed by atoms with Crippen LogP contribution in [0.3, 0.4) is 0 Å². The van der Waals surface area contributed by atoms with Crippen molar-refractivity contribution in [3.63, 3.8) is 0 Å². The Morgan fingerprint density at radius 3 is 2.28 bits per heavy atom. The number of morpholine rings is 1. The van der Waals surface area contributed by atoms with E-state index in [9.17, 15) is 5.11 Å². The van der Waals surface area contributed by atoms with Crippen molar-refractivity contribution in [3.05, 3.63) is 83.4 Å². The topological polar surface area (TPSA) is 51.2 Å². The van der Waals surface area contributed by atoms with Crippen LogP contribution in [0, 0.1) is 6.92 Å². The van der Waals surface area contributed by atoms with Gasteiger partial charge in [-0.3, -0.25) is 4.90 Å². The second kappa shape index (κ2) is 8.94. The van der Waals surface area contributed by atoms with Gasteiger partial charge in [0.1, 0.15) is 17.6 Å². The molecule has 3 aromatic rings. The van der Waals surface area contributed by atoms with Crippen LogP contribution in [-0.2, 0) is 4.74 Å². The number of nitrogens with zero attached hydrogens (tertiary/aromatic N) is 1. The first-order valence-electron chi connectivity index (χ1n) is 11.2. The van der Waals surface area contributed by atoms with Crippen molar-refractivity contribution in [2.75, 3.05) is 33.4 Å². The van der Waals surface area contributed by atoms with E-state index in [1.54, 1.807) is 7.11 Å². The average Bonchev–Trinajstić information content (AvgIpc) is 2.84. The molecule has 2 aliphatic rings. The third kappa shape index (κ3) is 3.99. The molecule has 0 aromatic heterocycles. The summed E-state index contributed by atoms with van der Waals surface area (Å²) in [6, 6.07) is 22.4. The summed E-state index contributed by atoms with van der Waals surface area (Å²) in [7, 11) is 1.67. The Hall–Kier alpha value is -2.86. The molecule has 0 bridgehead atoms. The summed E-state index contributed by atoms with van der Waals surface area (Å²) in [6.07, 6.45) is -1.10. The summed E-state index contributed by atoms with van der Waals surface area (Å²) in [5, 5.41) is 11.6. The molecule has 5 heteroatoms. The van der Waals surface area contributed by atoms with Crippen LogP contribution in [0.5, 0.6) is 11.5 Å². The number of hydrogen-bond acceptors (Lipinski definition) is 5. The standard InChI is InChI=1S/C27H29NO4/c1-18-3-5-20(6-4-18)27-26(29)25(28-13-15-31-16-14-28)23-17-21(9-12-24(23)32-27)19-7-10-22(30-2)11-8-19/h3-12,17,25-27,29H,13-16H2,1-2H3/t25-,26-,27+/m0/s1. The lowest BCUT2D eigenvalue weighted by Crippen LogP contribution is -2.48. The van der Waals surface area contributed by atoms with Crippen LogP contribution in [0.1, 0.15) is 28.8 Å². The Labute approximate surface area is 189 Å². The molecule has 1 fully saturated rings. The molecule has 3 aromatic carbocycles. The maximum absolute atomic E-state index is 11.6. The van der Waals surface area contributed by atoms with Crippen molar-refractivity contribution in [1.29, 1.82) is 0 Å². The fourth-order valence-corrected chi connectivity index (χ4v) is 4.70. The first kappa shape index (κ1) is 21.0. The largest absolute Gasteiger partial charge is 0.497 e. The van der Waals surface area contributed by atoms with E-state index in [4.69, 9.17) is 14.2 Å². The van der Waals surface area contributed by atoms with Crippen molar-refractivity contribution < 1.29 is 19.3 Å². The number of aliphatic hydroxyl groups is 1. The number of hydrogen-bond donors (Lipinski definition) is 1. The first-order chi connectivity index (χ1) is 15.6. The minimum atomic E-state index is -0.686. The van der Waals surface area contributed by atoms with E-state index in [1.807, 2.05) is 18.2 Å². The van der Waals surface area contributed by atoms with Gasteiger partial charge in [0, 0.05) is 18.7 Å². The van der Waals surface area contributed by atoms with Crippen molar-refractivity contribution in [1.82, 2.24) is 4.90 Å². The van der Waals surface area contributed by atoms with Crippen molar-refractivity contribution in [2.24, 2.45) is 0 Å². The molecule has 1 saturated heterocycles. The Balaban J connectivity index is 1.55. The van der Waals surface area contributed by atoms with E-state index in [0.29, 0.717) is 13.2 Å². The Morgan fingerprint density at radius 1 is 0.906 bits per heavy atom. The fraction of sp³-hybridized carbons (Fsp3) is 0.333. The zero-order valence-electron chi connectivity index (χ0n) is 18.5. The van der Waals surface area contributed by atoms with Crippen LogP contribution in [0.2, 0.25) is 0 Å². The molecule has 0 radical (unpaired) electrons. The van der Waals surface area contributed by atoms with Crippen LogP contribution in [0.4, 0.5) is 0 Å². The molecular formula is C27H29NO4. The second-order valence-corrected chi connectivity index (χ2v) is 8.51. The lowest BCUT2D eigenvalue weighted by atomic mass is 9.87. The molecule has 2 aliphatic heterocycles. The van der Waals surface area contributed by atoms with Crippen LogP contribution < -0.4 is 9.47 Å². The van der Waals surface area contributed by atoms with Gasteiger partial charge >= 0.3 is 0 Å². The number of aliphatic hydroxyl groups excluding tert-OH is 1. The van der Waals surface area contributed by atoms with Gasteiger partial charge in [-0.1, -0.05) is 48.0 Å². The van der Waals surface area contributed by atoms with Gasteiger partial charge in [-0.05, 0) is 47.9 Å². The smallest absolute Gasteiger partial charge is 0.151 e. The third-order valence-corrected chi connectivity index (χ3v) is 6.48. The average molecular weight is 432 g/mol. The molecule has 0 spiro atoms. The molecular weight excluding hydrogens is 402 g/mol. The predicted octanol–water partition coefficient (Wildman–Crippen LogP) is 4.54. The van der Waals surface area contributed by atoms with Crippen LogP contribution >= 0.6 is 0 Å². The van der Waals surface area contributed by atoms with E-state index in [1.165, 1.54) is 5.56 Å². The maximum atomic E-state index is 11.6. The second-order valence-electron chi connectivity index (χ2n) is 8.51. The van der Waals surface area contributed by atoms with E-state index >= 15 is 0 Å². The lowest BCUT2D eigenvalue weighted by Gasteiger charge is -2.44. The van der Waals surface area contributed by atoms with Gasteiger partial charge in [-0.2, -0.15) is 0 Å². The van der Waals surface area contributed by atoms with Crippen molar-refractivity contribution in [2.45, 2.75) is 25.2 Å². The summed E-state index contributed by atoms with van der Waals surface area (Å²) in [5.41, 5.74) is 5.40.